The first-order valence-electron chi connectivity index (χ1n) is 7.92. The highest BCUT2D eigenvalue weighted by molar-refractivity contribution is 7.89. The fraction of sp³-hybridized carbons (Fsp3) is 0.353. The number of pyridine rings is 1. The molecule has 0 saturated carbocycles. The van der Waals surface area contributed by atoms with Gasteiger partial charge in [0.15, 0.2) is 0 Å². The lowest BCUT2D eigenvalue weighted by molar-refractivity contribution is 0.309. The molecular formula is C17H22N4O2S. The molecule has 2 aromatic rings. The maximum Gasteiger partial charge on any atom is 0.241 e. The number of rotatable bonds is 5. The van der Waals surface area contributed by atoms with Gasteiger partial charge in [0.25, 0.3) is 0 Å². The number of likely N-dealkylation sites (tertiary alicyclic amines) is 1. The third-order valence-corrected chi connectivity index (χ3v) is 5.84. The van der Waals surface area contributed by atoms with Crippen LogP contribution in [-0.2, 0) is 10.0 Å². The predicted octanol–water partition coefficient (Wildman–Crippen LogP) is 1.85. The average Bonchev–Trinajstić information content (AvgIpc) is 2.96. The van der Waals surface area contributed by atoms with Gasteiger partial charge in [0, 0.05) is 18.8 Å². The van der Waals surface area contributed by atoms with E-state index in [1.807, 2.05) is 18.2 Å². The van der Waals surface area contributed by atoms with Crippen molar-refractivity contribution < 1.29 is 8.42 Å². The molecule has 7 heteroatoms. The highest BCUT2D eigenvalue weighted by Gasteiger charge is 2.33. The number of hydrogen-bond donors (Lipinski definition) is 2. The van der Waals surface area contributed by atoms with Crippen molar-refractivity contribution in [3.05, 3.63) is 54.2 Å². The van der Waals surface area contributed by atoms with E-state index in [9.17, 15) is 8.42 Å². The Kier molecular flexibility index (Phi) is 4.84. The van der Waals surface area contributed by atoms with Crippen molar-refractivity contribution in [3.63, 3.8) is 0 Å². The van der Waals surface area contributed by atoms with E-state index in [0.29, 0.717) is 5.82 Å². The van der Waals surface area contributed by atoms with Crippen molar-refractivity contribution in [2.24, 2.45) is 0 Å². The lowest BCUT2D eigenvalue weighted by atomic mass is 10.0. The van der Waals surface area contributed by atoms with E-state index in [2.05, 4.69) is 39.1 Å². The Morgan fingerprint density at radius 3 is 2.54 bits per heavy atom. The van der Waals surface area contributed by atoms with Gasteiger partial charge in [-0.25, -0.2) is 18.1 Å². The number of sulfonamides is 1. The van der Waals surface area contributed by atoms with Gasteiger partial charge in [-0.1, -0.05) is 30.3 Å². The molecule has 2 heterocycles. The molecule has 0 bridgehead atoms. The first-order chi connectivity index (χ1) is 11.5. The first kappa shape index (κ1) is 16.9. The van der Waals surface area contributed by atoms with Crippen LogP contribution < -0.4 is 10.0 Å². The first-order valence-corrected chi connectivity index (χ1v) is 9.41. The van der Waals surface area contributed by atoms with E-state index in [-0.39, 0.29) is 17.0 Å². The Bertz CT molecular complexity index is 778. The third kappa shape index (κ3) is 3.43. The van der Waals surface area contributed by atoms with Crippen LogP contribution in [0.1, 0.15) is 18.0 Å². The summed E-state index contributed by atoms with van der Waals surface area (Å²) >= 11 is 0. The summed E-state index contributed by atoms with van der Waals surface area (Å²) in [6, 6.07) is 14.2. The van der Waals surface area contributed by atoms with E-state index in [4.69, 9.17) is 0 Å². The zero-order valence-electron chi connectivity index (χ0n) is 13.8. The SMILES string of the molecule is CNS(=O)(=O)c1ccc(N[C@@H]2CCN(C)[C@@H]2c2ccccc2)nc1. The number of nitrogens with one attached hydrogen (secondary N) is 2. The summed E-state index contributed by atoms with van der Waals surface area (Å²) in [7, 11) is 0.0564. The minimum atomic E-state index is -3.45. The molecule has 6 nitrogen and oxygen atoms in total. The van der Waals surface area contributed by atoms with Crippen molar-refractivity contribution in [2.45, 2.75) is 23.4 Å². The van der Waals surface area contributed by atoms with Gasteiger partial charge in [0.2, 0.25) is 10.0 Å². The molecule has 1 aromatic heterocycles. The van der Waals surface area contributed by atoms with Gasteiger partial charge in [-0.3, -0.25) is 4.90 Å². The monoisotopic (exact) mass is 346 g/mol. The number of nitrogens with zero attached hydrogens (tertiary/aromatic N) is 2. The highest BCUT2D eigenvalue weighted by Crippen LogP contribution is 2.32. The minimum Gasteiger partial charge on any atom is -0.365 e. The van der Waals surface area contributed by atoms with Crippen LogP contribution in [0.15, 0.2) is 53.6 Å². The molecule has 128 valence electrons. The Labute approximate surface area is 143 Å². The molecule has 0 unspecified atom stereocenters. The largest absolute Gasteiger partial charge is 0.365 e. The summed E-state index contributed by atoms with van der Waals surface area (Å²) in [4.78, 5) is 6.75. The van der Waals surface area contributed by atoms with Crippen LogP contribution in [0, 0.1) is 0 Å². The Morgan fingerprint density at radius 1 is 1.17 bits per heavy atom. The number of aromatic nitrogens is 1. The highest BCUT2D eigenvalue weighted by atomic mass is 32.2. The van der Waals surface area contributed by atoms with Crippen molar-refractivity contribution in [3.8, 4) is 0 Å². The molecule has 0 aliphatic carbocycles. The molecule has 1 fully saturated rings. The molecule has 1 saturated heterocycles. The fourth-order valence-corrected chi connectivity index (χ4v) is 3.84. The van der Waals surface area contributed by atoms with E-state index in [0.717, 1.165) is 13.0 Å². The Balaban J connectivity index is 1.78. The van der Waals surface area contributed by atoms with Crippen molar-refractivity contribution in [1.82, 2.24) is 14.6 Å². The second-order valence-electron chi connectivity index (χ2n) is 5.96. The van der Waals surface area contributed by atoms with Crippen LogP contribution >= 0.6 is 0 Å². The topological polar surface area (TPSA) is 74.3 Å². The van der Waals surface area contributed by atoms with Crippen LogP contribution in [0.25, 0.3) is 0 Å². The van der Waals surface area contributed by atoms with E-state index >= 15 is 0 Å². The predicted molar refractivity (Wildman–Crippen MR) is 94.3 cm³/mol. The lowest BCUT2D eigenvalue weighted by Crippen LogP contribution is -2.29. The van der Waals surface area contributed by atoms with Crippen molar-refractivity contribution in [1.29, 1.82) is 0 Å². The molecule has 1 aliphatic heterocycles. The summed E-state index contributed by atoms with van der Waals surface area (Å²) in [5.74, 6) is 0.686. The molecule has 1 aromatic carbocycles. The molecule has 1 aliphatic rings. The van der Waals surface area contributed by atoms with E-state index in [1.165, 1.54) is 18.8 Å². The van der Waals surface area contributed by atoms with Gasteiger partial charge in [0.1, 0.15) is 10.7 Å². The van der Waals surface area contributed by atoms with E-state index < -0.39 is 10.0 Å². The summed E-state index contributed by atoms with van der Waals surface area (Å²) in [5.41, 5.74) is 1.27. The quantitative estimate of drug-likeness (QED) is 0.864. The lowest BCUT2D eigenvalue weighted by Gasteiger charge is -2.26. The van der Waals surface area contributed by atoms with Gasteiger partial charge in [-0.2, -0.15) is 0 Å². The number of likely N-dealkylation sites (N-methyl/N-ethyl adjacent to an activating group) is 1. The molecule has 24 heavy (non-hydrogen) atoms. The maximum atomic E-state index is 11.8. The molecule has 0 spiro atoms. The van der Waals surface area contributed by atoms with Crippen molar-refractivity contribution in [2.75, 3.05) is 26.0 Å². The second kappa shape index (κ2) is 6.88. The van der Waals surface area contributed by atoms with Crippen molar-refractivity contribution >= 4 is 15.8 Å². The smallest absolute Gasteiger partial charge is 0.241 e. The number of hydrogen-bond acceptors (Lipinski definition) is 5. The molecule has 3 rings (SSSR count). The number of benzene rings is 1. The molecule has 0 radical (unpaired) electrons. The van der Waals surface area contributed by atoms with Crippen LogP contribution in [0.3, 0.4) is 0 Å². The van der Waals surface area contributed by atoms with Crippen LogP contribution in [0.4, 0.5) is 5.82 Å². The van der Waals surface area contributed by atoms with Gasteiger partial charge < -0.3 is 5.32 Å². The van der Waals surface area contributed by atoms with Gasteiger partial charge in [0.05, 0.1) is 6.04 Å². The Hall–Kier alpha value is -1.96. The van der Waals surface area contributed by atoms with Crippen LogP contribution in [0.2, 0.25) is 0 Å². The third-order valence-electron chi connectivity index (χ3n) is 4.44. The zero-order chi connectivity index (χ0) is 17.2. The molecule has 2 atom stereocenters. The van der Waals surface area contributed by atoms with E-state index in [1.54, 1.807) is 12.1 Å². The van der Waals surface area contributed by atoms with Gasteiger partial charge in [-0.15, -0.1) is 0 Å². The summed E-state index contributed by atoms with van der Waals surface area (Å²) in [5, 5.41) is 3.45. The normalized spacial score (nSPS) is 21.8. The maximum absolute atomic E-state index is 11.8. The molecule has 2 N–H and O–H groups in total. The summed E-state index contributed by atoms with van der Waals surface area (Å²) < 4.78 is 25.8. The standard InChI is InChI=1S/C17H22N4O2S/c1-18-24(22,23)14-8-9-16(19-12-14)20-15-10-11-21(2)17(15)13-6-4-3-5-7-13/h3-9,12,15,17-18H,10-11H2,1-2H3,(H,19,20)/t15-,17-/m1/s1. The summed E-state index contributed by atoms with van der Waals surface area (Å²) in [6.07, 6.45) is 2.39. The fourth-order valence-electron chi connectivity index (χ4n) is 3.17. The zero-order valence-corrected chi connectivity index (χ0v) is 14.6. The Morgan fingerprint density at radius 2 is 1.92 bits per heavy atom. The average molecular weight is 346 g/mol. The summed E-state index contributed by atoms with van der Waals surface area (Å²) in [6.45, 7) is 1.00. The van der Waals surface area contributed by atoms with Gasteiger partial charge >= 0.3 is 0 Å². The van der Waals surface area contributed by atoms with Gasteiger partial charge in [-0.05, 0) is 38.2 Å². The number of anilines is 1. The van der Waals surface area contributed by atoms with Crippen LogP contribution in [0.5, 0.6) is 0 Å². The minimum absolute atomic E-state index is 0.165. The molecular weight excluding hydrogens is 324 g/mol. The van der Waals surface area contributed by atoms with Crippen LogP contribution in [-0.4, -0.2) is 45.0 Å². The molecule has 0 amide bonds. The second-order valence-corrected chi connectivity index (χ2v) is 7.85.